The van der Waals surface area contributed by atoms with Crippen molar-refractivity contribution in [2.24, 2.45) is 4.99 Å². The van der Waals surface area contributed by atoms with Crippen molar-refractivity contribution < 1.29 is 17.9 Å². The third kappa shape index (κ3) is 7.11. The number of benzene rings is 1. The van der Waals surface area contributed by atoms with Crippen molar-refractivity contribution in [2.75, 3.05) is 39.8 Å². The molecule has 0 amide bonds. The van der Waals surface area contributed by atoms with Crippen LogP contribution in [-0.4, -0.2) is 62.9 Å². The van der Waals surface area contributed by atoms with Crippen LogP contribution >= 0.6 is 0 Å². The van der Waals surface area contributed by atoms with Crippen molar-refractivity contribution in [1.82, 2.24) is 15.5 Å². The zero-order valence-corrected chi connectivity index (χ0v) is 15.3. The largest absolute Gasteiger partial charge is 0.497 e. The first kappa shape index (κ1) is 20.4. The van der Waals surface area contributed by atoms with E-state index in [1.165, 1.54) is 4.90 Å². The Bertz CT molecular complexity index is 575. The molecule has 5 nitrogen and oxygen atoms in total. The molecule has 1 unspecified atom stereocenters. The standard InChI is InChI=1S/C18H27F3N4O/c1-3-22-17(23-10-8-14-4-6-16(26-2)7-5-14)24-15-9-11-25(12-15)13-18(19,20)21/h4-7,15H,3,8-13H2,1-2H3,(H2,22,23,24). The predicted molar refractivity (Wildman–Crippen MR) is 96.7 cm³/mol. The highest BCUT2D eigenvalue weighted by atomic mass is 19.4. The Morgan fingerprint density at radius 2 is 2.04 bits per heavy atom. The molecule has 1 aromatic rings. The van der Waals surface area contributed by atoms with Gasteiger partial charge in [0.1, 0.15) is 5.75 Å². The second-order valence-corrected chi connectivity index (χ2v) is 6.34. The van der Waals surface area contributed by atoms with Crippen molar-refractivity contribution >= 4 is 5.96 Å². The van der Waals surface area contributed by atoms with Gasteiger partial charge in [-0.15, -0.1) is 0 Å². The number of aliphatic imine (C=N–C) groups is 1. The lowest BCUT2D eigenvalue weighted by molar-refractivity contribution is -0.143. The highest BCUT2D eigenvalue weighted by Gasteiger charge is 2.34. The second-order valence-electron chi connectivity index (χ2n) is 6.34. The monoisotopic (exact) mass is 372 g/mol. The Morgan fingerprint density at radius 1 is 1.31 bits per heavy atom. The molecule has 2 rings (SSSR count). The lowest BCUT2D eigenvalue weighted by Crippen LogP contribution is -2.45. The molecule has 1 saturated heterocycles. The van der Waals surface area contributed by atoms with Crippen molar-refractivity contribution in [3.05, 3.63) is 29.8 Å². The molecule has 0 aliphatic carbocycles. The Labute approximate surface area is 152 Å². The van der Waals surface area contributed by atoms with Gasteiger partial charge in [-0.2, -0.15) is 13.2 Å². The third-order valence-corrected chi connectivity index (χ3v) is 4.19. The summed E-state index contributed by atoms with van der Waals surface area (Å²) in [4.78, 5) is 5.97. The Kier molecular flexibility index (Phi) is 7.56. The second kappa shape index (κ2) is 9.66. The summed E-state index contributed by atoms with van der Waals surface area (Å²) in [6, 6.07) is 7.81. The molecule has 1 aromatic carbocycles. The van der Waals surface area contributed by atoms with Crippen LogP contribution in [0.15, 0.2) is 29.3 Å². The molecule has 0 aromatic heterocycles. The summed E-state index contributed by atoms with van der Waals surface area (Å²) in [6.45, 7) is 3.24. The number of guanidine groups is 1. The molecule has 8 heteroatoms. The summed E-state index contributed by atoms with van der Waals surface area (Å²) in [6.07, 6.45) is -2.68. The normalized spacial score (nSPS) is 18.8. The highest BCUT2D eigenvalue weighted by Crippen LogP contribution is 2.20. The van der Waals surface area contributed by atoms with Crippen LogP contribution in [0.1, 0.15) is 18.9 Å². The van der Waals surface area contributed by atoms with E-state index in [-0.39, 0.29) is 6.04 Å². The first-order chi connectivity index (χ1) is 12.4. The number of hydrogen-bond donors (Lipinski definition) is 2. The third-order valence-electron chi connectivity index (χ3n) is 4.19. The lowest BCUT2D eigenvalue weighted by atomic mass is 10.1. The molecule has 0 spiro atoms. The van der Waals surface area contributed by atoms with E-state index in [0.29, 0.717) is 38.6 Å². The number of ether oxygens (including phenoxy) is 1. The minimum atomic E-state index is -4.15. The van der Waals surface area contributed by atoms with E-state index in [4.69, 9.17) is 4.74 Å². The number of alkyl halides is 3. The zero-order chi connectivity index (χ0) is 19.0. The van der Waals surface area contributed by atoms with Crippen molar-refractivity contribution in [3.63, 3.8) is 0 Å². The number of rotatable bonds is 7. The first-order valence-corrected chi connectivity index (χ1v) is 8.86. The predicted octanol–water partition coefficient (Wildman–Crippen LogP) is 2.43. The molecular formula is C18H27F3N4O. The number of nitrogens with one attached hydrogen (secondary N) is 2. The van der Waals surface area contributed by atoms with Gasteiger partial charge in [0, 0.05) is 32.2 Å². The number of halogens is 3. The van der Waals surface area contributed by atoms with Crippen molar-refractivity contribution in [1.29, 1.82) is 0 Å². The molecule has 146 valence electrons. The Balaban J connectivity index is 1.82. The fourth-order valence-electron chi connectivity index (χ4n) is 2.95. The molecule has 26 heavy (non-hydrogen) atoms. The molecule has 1 atom stereocenters. The molecule has 0 bridgehead atoms. The van der Waals surface area contributed by atoms with Crippen LogP contribution in [0.25, 0.3) is 0 Å². The van der Waals surface area contributed by atoms with Gasteiger partial charge in [-0.25, -0.2) is 0 Å². The molecule has 1 heterocycles. The van der Waals surface area contributed by atoms with Crippen LogP contribution in [0.5, 0.6) is 5.75 Å². The van der Waals surface area contributed by atoms with Gasteiger partial charge in [0.15, 0.2) is 5.96 Å². The number of nitrogens with zero attached hydrogens (tertiary/aromatic N) is 2. The van der Waals surface area contributed by atoms with Crippen LogP contribution < -0.4 is 15.4 Å². The summed E-state index contributed by atoms with van der Waals surface area (Å²) in [5.41, 5.74) is 1.16. The Hall–Kier alpha value is -1.96. The fraction of sp³-hybridized carbons (Fsp3) is 0.611. The van der Waals surface area contributed by atoms with Gasteiger partial charge in [0.05, 0.1) is 13.7 Å². The van der Waals surface area contributed by atoms with Gasteiger partial charge in [-0.05, 0) is 37.5 Å². The van der Waals surface area contributed by atoms with E-state index in [9.17, 15) is 13.2 Å². The minimum Gasteiger partial charge on any atom is -0.497 e. The quantitative estimate of drug-likeness (QED) is 0.570. The summed E-state index contributed by atoms with van der Waals surface area (Å²) in [7, 11) is 1.63. The number of hydrogen-bond acceptors (Lipinski definition) is 3. The van der Waals surface area contributed by atoms with Gasteiger partial charge < -0.3 is 15.4 Å². The van der Waals surface area contributed by atoms with Crippen LogP contribution in [0.2, 0.25) is 0 Å². The van der Waals surface area contributed by atoms with E-state index in [2.05, 4.69) is 15.6 Å². The molecule has 1 aliphatic rings. The van der Waals surface area contributed by atoms with E-state index in [1.54, 1.807) is 7.11 Å². The van der Waals surface area contributed by atoms with Crippen molar-refractivity contribution in [2.45, 2.75) is 32.0 Å². The number of likely N-dealkylation sites (tertiary alicyclic amines) is 1. The molecule has 1 aliphatic heterocycles. The van der Waals surface area contributed by atoms with Crippen LogP contribution in [0.3, 0.4) is 0 Å². The smallest absolute Gasteiger partial charge is 0.401 e. The topological polar surface area (TPSA) is 48.9 Å². The van der Waals surface area contributed by atoms with E-state index in [1.807, 2.05) is 31.2 Å². The van der Waals surface area contributed by atoms with Gasteiger partial charge in [0.25, 0.3) is 0 Å². The maximum atomic E-state index is 12.5. The SMILES string of the molecule is CCNC(=NCCc1ccc(OC)cc1)NC1CCN(CC(F)(F)F)C1. The molecule has 2 N–H and O–H groups in total. The molecule has 0 saturated carbocycles. The fourth-order valence-corrected chi connectivity index (χ4v) is 2.95. The van der Waals surface area contributed by atoms with Gasteiger partial charge in [-0.3, -0.25) is 9.89 Å². The minimum absolute atomic E-state index is 0.0175. The molecule has 1 fully saturated rings. The van der Waals surface area contributed by atoms with Crippen molar-refractivity contribution in [3.8, 4) is 5.75 Å². The van der Waals surface area contributed by atoms with Gasteiger partial charge in [0.2, 0.25) is 0 Å². The van der Waals surface area contributed by atoms with Crippen LogP contribution in [0.4, 0.5) is 13.2 Å². The van der Waals surface area contributed by atoms with E-state index < -0.39 is 12.7 Å². The number of methoxy groups -OCH3 is 1. The van der Waals surface area contributed by atoms with E-state index >= 15 is 0 Å². The maximum absolute atomic E-state index is 12.5. The summed E-state index contributed by atoms with van der Waals surface area (Å²) in [5.74, 6) is 1.47. The Morgan fingerprint density at radius 3 is 2.65 bits per heavy atom. The lowest BCUT2D eigenvalue weighted by Gasteiger charge is -2.19. The summed E-state index contributed by atoms with van der Waals surface area (Å²) < 4.78 is 42.6. The van der Waals surface area contributed by atoms with Crippen LogP contribution in [-0.2, 0) is 6.42 Å². The summed E-state index contributed by atoms with van der Waals surface area (Å²) in [5, 5.41) is 6.40. The van der Waals surface area contributed by atoms with Gasteiger partial charge >= 0.3 is 6.18 Å². The first-order valence-electron chi connectivity index (χ1n) is 8.86. The average molecular weight is 372 g/mol. The molecule has 0 radical (unpaired) electrons. The zero-order valence-electron chi connectivity index (χ0n) is 15.3. The van der Waals surface area contributed by atoms with Gasteiger partial charge in [-0.1, -0.05) is 12.1 Å². The maximum Gasteiger partial charge on any atom is 0.401 e. The molecular weight excluding hydrogens is 345 g/mol. The van der Waals surface area contributed by atoms with E-state index in [0.717, 1.165) is 17.7 Å². The summed E-state index contributed by atoms with van der Waals surface area (Å²) >= 11 is 0. The van der Waals surface area contributed by atoms with Crippen LogP contribution in [0, 0.1) is 0 Å². The average Bonchev–Trinajstić information content (AvgIpc) is 3.00. The highest BCUT2D eigenvalue weighted by molar-refractivity contribution is 5.80.